The molecule has 0 saturated carbocycles. The van der Waals surface area contributed by atoms with Crippen molar-refractivity contribution < 1.29 is 14.6 Å². The Hall–Kier alpha value is -3.79. The van der Waals surface area contributed by atoms with Gasteiger partial charge >= 0.3 is 0 Å². The maximum absolute atomic E-state index is 13.3. The molecule has 3 aromatic heterocycles. The predicted molar refractivity (Wildman–Crippen MR) is 113 cm³/mol. The number of amides is 1. The van der Waals surface area contributed by atoms with Crippen molar-refractivity contribution in [3.05, 3.63) is 59.5 Å². The molecule has 1 amide bonds. The number of tetrazole rings is 1. The zero-order chi connectivity index (χ0) is 22.0. The number of H-pyrrole nitrogens is 1. The summed E-state index contributed by atoms with van der Waals surface area (Å²) in [5.41, 5.74) is 1.87. The van der Waals surface area contributed by atoms with Crippen LogP contribution < -0.4 is 10.1 Å². The van der Waals surface area contributed by atoms with Crippen molar-refractivity contribution in [2.24, 2.45) is 0 Å². The lowest BCUT2D eigenvalue weighted by atomic mass is 9.91. The van der Waals surface area contributed by atoms with Gasteiger partial charge in [-0.2, -0.15) is 5.21 Å². The molecule has 0 spiro atoms. The average Bonchev–Trinajstić information content (AvgIpc) is 3.42. The predicted octanol–water partition coefficient (Wildman–Crippen LogP) is 1.86. The summed E-state index contributed by atoms with van der Waals surface area (Å²) in [6.45, 7) is 5.60. The van der Waals surface area contributed by atoms with E-state index in [2.05, 4.69) is 30.9 Å². The Morgan fingerprint density at radius 2 is 2.16 bits per heavy atom. The smallest absolute Gasteiger partial charge is 0.270 e. The van der Waals surface area contributed by atoms with Crippen LogP contribution in [0.3, 0.4) is 0 Å². The van der Waals surface area contributed by atoms with Crippen molar-refractivity contribution in [2.75, 3.05) is 13.2 Å². The molecule has 1 aromatic carbocycles. The minimum atomic E-state index is -1.05. The third-order valence-corrected chi connectivity index (χ3v) is 5.11. The van der Waals surface area contributed by atoms with Crippen molar-refractivity contribution in [3.63, 3.8) is 0 Å². The van der Waals surface area contributed by atoms with Gasteiger partial charge in [-0.05, 0) is 49.7 Å². The Labute approximate surface area is 178 Å². The molecule has 1 atom stereocenters. The summed E-state index contributed by atoms with van der Waals surface area (Å²) in [5.74, 6) is 0.666. The lowest BCUT2D eigenvalue weighted by molar-refractivity contribution is 0.0843. The second-order valence-electron chi connectivity index (χ2n) is 7.31. The normalized spacial score (nSPS) is 13.2. The highest BCUT2D eigenvalue weighted by Gasteiger charge is 2.31. The van der Waals surface area contributed by atoms with E-state index in [1.54, 1.807) is 30.5 Å². The van der Waals surface area contributed by atoms with Gasteiger partial charge in [-0.15, -0.1) is 10.2 Å². The molecule has 4 aromatic rings. The van der Waals surface area contributed by atoms with Crippen molar-refractivity contribution >= 4 is 11.6 Å². The third kappa shape index (κ3) is 3.73. The van der Waals surface area contributed by atoms with Gasteiger partial charge in [-0.3, -0.25) is 9.20 Å². The number of nitrogens with zero attached hydrogens (tertiary/aromatic N) is 5. The van der Waals surface area contributed by atoms with E-state index in [0.717, 1.165) is 0 Å². The highest BCUT2D eigenvalue weighted by atomic mass is 16.5. The van der Waals surface area contributed by atoms with Gasteiger partial charge in [-0.1, -0.05) is 18.2 Å². The van der Waals surface area contributed by atoms with Gasteiger partial charge < -0.3 is 15.2 Å². The van der Waals surface area contributed by atoms with Gasteiger partial charge in [-0.25, -0.2) is 4.98 Å². The summed E-state index contributed by atoms with van der Waals surface area (Å²) in [6, 6.07) is 10.9. The lowest BCUT2D eigenvalue weighted by Crippen LogP contribution is -2.46. The molecule has 0 aliphatic heterocycles. The molecule has 0 radical (unpaired) electrons. The Kier molecular flexibility index (Phi) is 5.38. The van der Waals surface area contributed by atoms with Crippen LogP contribution in [0.5, 0.6) is 5.75 Å². The van der Waals surface area contributed by atoms with Gasteiger partial charge in [0.05, 0.1) is 24.4 Å². The molecule has 0 aliphatic rings. The second-order valence-corrected chi connectivity index (χ2v) is 7.31. The molecular formula is C21H23N7O3. The van der Waals surface area contributed by atoms with E-state index in [1.165, 1.54) is 0 Å². The molecule has 0 aliphatic carbocycles. The SMILES string of the molecule is CCOc1cccn2c(C(=O)N[C@@](C)(CO)c3cccc(-c4nn[nH]n4)c3)c(C)nc12. The van der Waals surface area contributed by atoms with Crippen molar-refractivity contribution in [1.82, 2.24) is 35.3 Å². The molecule has 4 rings (SSSR count). The number of fused-ring (bicyclic) bond motifs is 1. The van der Waals surface area contributed by atoms with Crippen LogP contribution in [0.2, 0.25) is 0 Å². The molecule has 0 saturated heterocycles. The van der Waals surface area contributed by atoms with Gasteiger partial charge in [0, 0.05) is 11.8 Å². The van der Waals surface area contributed by atoms with Crippen LogP contribution >= 0.6 is 0 Å². The van der Waals surface area contributed by atoms with Crippen LogP contribution in [-0.4, -0.2) is 54.2 Å². The van der Waals surface area contributed by atoms with Crippen molar-refractivity contribution in [3.8, 4) is 17.1 Å². The zero-order valence-corrected chi connectivity index (χ0v) is 17.5. The number of hydrogen-bond donors (Lipinski definition) is 3. The molecule has 31 heavy (non-hydrogen) atoms. The number of pyridine rings is 1. The molecule has 0 fully saturated rings. The molecular weight excluding hydrogens is 398 g/mol. The van der Waals surface area contributed by atoms with E-state index in [9.17, 15) is 9.90 Å². The number of ether oxygens (including phenoxy) is 1. The van der Waals surface area contributed by atoms with Gasteiger partial charge in [0.1, 0.15) is 5.69 Å². The molecule has 0 bridgehead atoms. The maximum atomic E-state index is 13.3. The summed E-state index contributed by atoms with van der Waals surface area (Å²) in [5, 5.41) is 27.1. The first kappa shape index (κ1) is 20.5. The molecule has 3 heterocycles. The zero-order valence-electron chi connectivity index (χ0n) is 17.5. The monoisotopic (exact) mass is 421 g/mol. The fraction of sp³-hybridized carbons (Fsp3) is 0.286. The number of aryl methyl sites for hydroxylation is 1. The van der Waals surface area contributed by atoms with E-state index in [4.69, 9.17) is 4.74 Å². The minimum Gasteiger partial charge on any atom is -0.490 e. The largest absolute Gasteiger partial charge is 0.490 e. The number of carbonyl (C=O) groups is 1. The molecule has 10 heteroatoms. The number of aliphatic hydroxyl groups is 1. The Bertz CT molecular complexity index is 1220. The Morgan fingerprint density at radius 1 is 1.32 bits per heavy atom. The first-order valence-electron chi connectivity index (χ1n) is 9.85. The first-order chi connectivity index (χ1) is 15.0. The van der Waals surface area contributed by atoms with E-state index in [1.807, 2.05) is 37.3 Å². The van der Waals surface area contributed by atoms with Crippen LogP contribution in [0.15, 0.2) is 42.6 Å². The summed E-state index contributed by atoms with van der Waals surface area (Å²) in [7, 11) is 0. The fourth-order valence-corrected chi connectivity index (χ4v) is 3.50. The van der Waals surface area contributed by atoms with E-state index in [0.29, 0.717) is 46.3 Å². The standard InChI is InChI=1S/C21H23N7O3/c1-4-31-16-9-6-10-28-17(13(2)22-19(16)28)20(30)23-21(3,12-29)15-8-5-7-14(11-15)18-24-26-27-25-18/h5-11,29H,4,12H2,1-3H3,(H,23,30)(H,24,25,26,27)/t21-/m0/s1. The highest BCUT2D eigenvalue weighted by Crippen LogP contribution is 2.27. The van der Waals surface area contributed by atoms with Crippen LogP contribution in [0, 0.1) is 6.92 Å². The summed E-state index contributed by atoms with van der Waals surface area (Å²) < 4.78 is 7.33. The summed E-state index contributed by atoms with van der Waals surface area (Å²) in [4.78, 5) is 17.8. The quantitative estimate of drug-likeness (QED) is 0.415. The molecule has 160 valence electrons. The lowest BCUT2D eigenvalue weighted by Gasteiger charge is -2.29. The van der Waals surface area contributed by atoms with Crippen molar-refractivity contribution in [1.29, 1.82) is 0 Å². The van der Waals surface area contributed by atoms with Crippen LogP contribution in [-0.2, 0) is 5.54 Å². The Morgan fingerprint density at radius 3 is 2.87 bits per heavy atom. The number of rotatable bonds is 7. The number of hydrogen-bond acceptors (Lipinski definition) is 7. The number of aromatic amines is 1. The highest BCUT2D eigenvalue weighted by molar-refractivity contribution is 5.95. The maximum Gasteiger partial charge on any atom is 0.270 e. The van der Waals surface area contributed by atoms with Crippen LogP contribution in [0.4, 0.5) is 0 Å². The average molecular weight is 421 g/mol. The first-order valence-corrected chi connectivity index (χ1v) is 9.85. The van der Waals surface area contributed by atoms with Gasteiger partial charge in [0.2, 0.25) is 5.82 Å². The van der Waals surface area contributed by atoms with E-state index < -0.39 is 5.54 Å². The number of carbonyl (C=O) groups excluding carboxylic acids is 1. The number of nitrogens with one attached hydrogen (secondary N) is 2. The number of aromatic nitrogens is 6. The molecule has 3 N–H and O–H groups in total. The molecule has 0 unspecified atom stereocenters. The van der Waals surface area contributed by atoms with Gasteiger partial charge in [0.15, 0.2) is 11.4 Å². The Balaban J connectivity index is 1.69. The van der Waals surface area contributed by atoms with Crippen molar-refractivity contribution in [2.45, 2.75) is 26.3 Å². The summed E-state index contributed by atoms with van der Waals surface area (Å²) >= 11 is 0. The van der Waals surface area contributed by atoms with E-state index in [-0.39, 0.29) is 12.5 Å². The van der Waals surface area contributed by atoms with E-state index >= 15 is 0 Å². The number of imidazole rings is 1. The third-order valence-electron chi connectivity index (χ3n) is 5.11. The topological polar surface area (TPSA) is 130 Å². The second kappa shape index (κ2) is 8.15. The fourth-order valence-electron chi connectivity index (χ4n) is 3.50. The number of benzene rings is 1. The molecule has 10 nitrogen and oxygen atoms in total. The van der Waals surface area contributed by atoms with Gasteiger partial charge in [0.25, 0.3) is 5.91 Å². The van der Waals surface area contributed by atoms with Crippen LogP contribution in [0.25, 0.3) is 17.0 Å². The number of aliphatic hydroxyl groups excluding tert-OH is 1. The summed E-state index contributed by atoms with van der Waals surface area (Å²) in [6.07, 6.45) is 1.76. The minimum absolute atomic E-state index is 0.311. The van der Waals surface area contributed by atoms with Crippen LogP contribution in [0.1, 0.15) is 35.6 Å².